The average Bonchev–Trinajstić information content (AvgIpc) is 2.38. The topological polar surface area (TPSA) is 121 Å². The number of rotatable bonds is 6. The summed E-state index contributed by atoms with van der Waals surface area (Å²) in [6, 6.07) is -1.06. The zero-order valence-corrected chi connectivity index (χ0v) is 11.3. The Bertz CT molecular complexity index is 616. The highest BCUT2D eigenvalue weighted by Crippen LogP contribution is 2.02. The van der Waals surface area contributed by atoms with E-state index in [1.165, 1.54) is 7.05 Å². The van der Waals surface area contributed by atoms with Crippen molar-refractivity contribution >= 4 is 11.9 Å². The molecule has 0 saturated heterocycles. The van der Waals surface area contributed by atoms with Crippen LogP contribution >= 0.6 is 0 Å². The zero-order chi connectivity index (χ0) is 15.3. The predicted molar refractivity (Wildman–Crippen MR) is 70.7 cm³/mol. The maximum absolute atomic E-state index is 11.9. The van der Waals surface area contributed by atoms with E-state index in [2.05, 4.69) is 5.32 Å². The monoisotopic (exact) mass is 283 g/mol. The van der Waals surface area contributed by atoms with Crippen molar-refractivity contribution in [1.29, 1.82) is 0 Å². The number of aromatic nitrogens is 2. The Morgan fingerprint density at radius 2 is 2.10 bits per heavy atom. The number of nitrogens with one attached hydrogen (secondary N) is 2. The lowest BCUT2D eigenvalue weighted by molar-refractivity contribution is -0.139. The molecule has 3 N–H and O–H groups in total. The largest absolute Gasteiger partial charge is 0.480 e. The van der Waals surface area contributed by atoms with E-state index in [0.29, 0.717) is 6.42 Å². The third-order valence-corrected chi connectivity index (χ3v) is 2.80. The molecule has 0 fully saturated rings. The molecule has 8 heteroatoms. The third-order valence-electron chi connectivity index (χ3n) is 2.80. The van der Waals surface area contributed by atoms with Crippen LogP contribution in [0.3, 0.4) is 0 Å². The number of carboxylic acid groups (broad SMARTS) is 1. The molecule has 1 rings (SSSR count). The van der Waals surface area contributed by atoms with Gasteiger partial charge in [-0.3, -0.25) is 14.6 Å². The van der Waals surface area contributed by atoms with Crippen LogP contribution in [0.25, 0.3) is 0 Å². The molecule has 1 atom stereocenters. The van der Waals surface area contributed by atoms with Gasteiger partial charge in [0.25, 0.3) is 11.5 Å². The van der Waals surface area contributed by atoms with Crippen molar-refractivity contribution in [3.63, 3.8) is 0 Å². The molecule has 0 bridgehead atoms. The van der Waals surface area contributed by atoms with Crippen LogP contribution in [0.15, 0.2) is 15.8 Å². The molecule has 1 heterocycles. The number of aliphatic carboxylic acids is 1. The van der Waals surface area contributed by atoms with E-state index in [1.807, 2.05) is 11.9 Å². The lowest BCUT2D eigenvalue weighted by atomic mass is 10.1. The van der Waals surface area contributed by atoms with Crippen LogP contribution in [0.4, 0.5) is 0 Å². The van der Waals surface area contributed by atoms with Crippen LogP contribution in [-0.4, -0.2) is 32.6 Å². The van der Waals surface area contributed by atoms with Crippen molar-refractivity contribution in [2.75, 3.05) is 0 Å². The molecule has 110 valence electrons. The fourth-order valence-corrected chi connectivity index (χ4v) is 1.63. The molecular formula is C12H17N3O5. The number of carbonyl (C=O) groups excluding carboxylic acids is 1. The Balaban J connectivity index is 2.95. The molecule has 0 spiro atoms. The summed E-state index contributed by atoms with van der Waals surface area (Å²) < 4.78 is 1.04. The molecule has 20 heavy (non-hydrogen) atoms. The van der Waals surface area contributed by atoms with Crippen molar-refractivity contribution in [3.05, 3.63) is 32.6 Å². The summed E-state index contributed by atoms with van der Waals surface area (Å²) >= 11 is 0. The van der Waals surface area contributed by atoms with Crippen LogP contribution in [0, 0.1) is 0 Å². The lowest BCUT2D eigenvalue weighted by Gasteiger charge is -2.13. The Morgan fingerprint density at radius 1 is 1.45 bits per heavy atom. The summed E-state index contributed by atoms with van der Waals surface area (Å²) in [5.41, 5.74) is -1.78. The van der Waals surface area contributed by atoms with Crippen molar-refractivity contribution in [2.45, 2.75) is 32.2 Å². The highest BCUT2D eigenvalue weighted by atomic mass is 16.4. The standard InChI is InChI=1S/C12H17N3O5/c1-3-4-5-8(11(18)19)13-9(16)7-6-15(2)12(20)14-10(7)17/h6,8H,3-5H2,1-2H3,(H,13,16)(H,18,19)(H,14,17,20). The highest BCUT2D eigenvalue weighted by Gasteiger charge is 2.21. The third kappa shape index (κ3) is 3.81. The number of carbonyl (C=O) groups is 2. The molecule has 1 amide bonds. The van der Waals surface area contributed by atoms with Crippen molar-refractivity contribution < 1.29 is 14.7 Å². The molecule has 0 saturated carbocycles. The number of carboxylic acids is 1. The summed E-state index contributed by atoms with van der Waals surface area (Å²) in [5, 5.41) is 11.3. The summed E-state index contributed by atoms with van der Waals surface area (Å²) in [6.07, 6.45) is 2.79. The molecule has 0 aliphatic rings. The number of aryl methyl sites for hydroxylation is 1. The molecule has 1 aromatic heterocycles. The van der Waals surface area contributed by atoms with Gasteiger partial charge in [-0.05, 0) is 6.42 Å². The summed E-state index contributed by atoms with van der Waals surface area (Å²) in [4.78, 5) is 47.6. The van der Waals surface area contributed by atoms with Gasteiger partial charge in [0, 0.05) is 13.2 Å². The second-order valence-corrected chi connectivity index (χ2v) is 4.42. The van der Waals surface area contributed by atoms with Gasteiger partial charge in [0.1, 0.15) is 11.6 Å². The maximum atomic E-state index is 11.9. The molecule has 0 aliphatic heterocycles. The number of amides is 1. The van der Waals surface area contributed by atoms with Crippen molar-refractivity contribution in [3.8, 4) is 0 Å². The molecular weight excluding hydrogens is 266 g/mol. The van der Waals surface area contributed by atoms with Crippen LogP contribution in [-0.2, 0) is 11.8 Å². The molecule has 0 aliphatic carbocycles. The Labute approximate surface area is 114 Å². The van der Waals surface area contributed by atoms with Gasteiger partial charge in [-0.2, -0.15) is 0 Å². The van der Waals surface area contributed by atoms with Gasteiger partial charge in [0.15, 0.2) is 0 Å². The first-order chi connectivity index (χ1) is 9.36. The van der Waals surface area contributed by atoms with E-state index in [1.54, 1.807) is 0 Å². The first-order valence-electron chi connectivity index (χ1n) is 6.20. The number of unbranched alkanes of at least 4 members (excludes halogenated alkanes) is 1. The van der Waals surface area contributed by atoms with E-state index in [-0.39, 0.29) is 12.0 Å². The maximum Gasteiger partial charge on any atom is 0.328 e. The van der Waals surface area contributed by atoms with E-state index >= 15 is 0 Å². The first kappa shape index (κ1) is 15.7. The molecule has 0 aromatic carbocycles. The van der Waals surface area contributed by atoms with E-state index < -0.39 is 29.2 Å². The smallest absolute Gasteiger partial charge is 0.328 e. The van der Waals surface area contributed by atoms with Gasteiger partial charge in [-0.1, -0.05) is 19.8 Å². The van der Waals surface area contributed by atoms with Crippen molar-refractivity contribution in [1.82, 2.24) is 14.9 Å². The number of hydrogen-bond acceptors (Lipinski definition) is 4. The van der Waals surface area contributed by atoms with E-state index in [4.69, 9.17) is 5.11 Å². The number of aromatic amines is 1. The zero-order valence-electron chi connectivity index (χ0n) is 11.3. The van der Waals surface area contributed by atoms with Gasteiger partial charge in [0.2, 0.25) is 0 Å². The summed E-state index contributed by atoms with van der Waals surface area (Å²) in [5.74, 6) is -1.97. The quantitative estimate of drug-likeness (QED) is 0.646. The minimum Gasteiger partial charge on any atom is -0.480 e. The number of nitrogens with zero attached hydrogens (tertiary/aromatic N) is 1. The van der Waals surface area contributed by atoms with Crippen LogP contribution in [0.2, 0.25) is 0 Å². The SMILES string of the molecule is CCCCC(NC(=O)c1cn(C)c(=O)[nH]c1=O)C(=O)O. The summed E-state index contributed by atoms with van der Waals surface area (Å²) in [6.45, 7) is 1.90. The number of hydrogen-bond donors (Lipinski definition) is 3. The fraction of sp³-hybridized carbons (Fsp3) is 0.500. The van der Waals surface area contributed by atoms with Gasteiger partial charge >= 0.3 is 11.7 Å². The minimum atomic E-state index is -1.16. The number of H-pyrrole nitrogens is 1. The Morgan fingerprint density at radius 3 is 2.65 bits per heavy atom. The molecule has 1 aromatic rings. The van der Waals surface area contributed by atoms with Gasteiger partial charge < -0.3 is 15.0 Å². The van der Waals surface area contributed by atoms with Crippen LogP contribution < -0.4 is 16.6 Å². The van der Waals surface area contributed by atoms with Gasteiger partial charge in [-0.15, -0.1) is 0 Å². The summed E-state index contributed by atoms with van der Waals surface area (Å²) in [7, 11) is 1.38. The lowest BCUT2D eigenvalue weighted by Crippen LogP contribution is -2.44. The van der Waals surface area contributed by atoms with E-state index in [0.717, 1.165) is 17.2 Å². The first-order valence-corrected chi connectivity index (χ1v) is 6.20. The predicted octanol–water partition coefficient (Wildman–Crippen LogP) is -0.553. The van der Waals surface area contributed by atoms with E-state index in [9.17, 15) is 19.2 Å². The molecule has 0 radical (unpaired) electrons. The fourth-order valence-electron chi connectivity index (χ4n) is 1.63. The Kier molecular flexibility index (Phi) is 5.24. The molecule has 8 nitrogen and oxygen atoms in total. The van der Waals surface area contributed by atoms with Crippen LogP contribution in [0.1, 0.15) is 36.5 Å². The van der Waals surface area contributed by atoms with Crippen LogP contribution in [0.5, 0.6) is 0 Å². The van der Waals surface area contributed by atoms with Gasteiger partial charge in [-0.25, -0.2) is 9.59 Å². The molecule has 1 unspecified atom stereocenters. The Hall–Kier alpha value is -2.38. The minimum absolute atomic E-state index is 0.279. The highest BCUT2D eigenvalue weighted by molar-refractivity contribution is 5.95. The average molecular weight is 283 g/mol. The van der Waals surface area contributed by atoms with Crippen molar-refractivity contribution in [2.24, 2.45) is 7.05 Å². The second kappa shape index (κ2) is 6.69. The van der Waals surface area contributed by atoms with Gasteiger partial charge in [0.05, 0.1) is 0 Å². The normalized spacial score (nSPS) is 11.9. The second-order valence-electron chi connectivity index (χ2n) is 4.42.